The lowest BCUT2D eigenvalue weighted by molar-refractivity contribution is -0.00545. The van der Waals surface area contributed by atoms with Crippen molar-refractivity contribution in [3.8, 4) is 0 Å². The van der Waals surface area contributed by atoms with Crippen molar-refractivity contribution < 1.29 is 23.4 Å². The van der Waals surface area contributed by atoms with Gasteiger partial charge in [0.05, 0.1) is 5.69 Å². The first-order chi connectivity index (χ1) is 8.70. The normalized spacial score (nSPS) is 13.2. The van der Waals surface area contributed by atoms with E-state index in [9.17, 15) is 18.7 Å². The average molecular weight is 273 g/mol. The lowest BCUT2D eigenvalue weighted by Crippen LogP contribution is -2.27. The van der Waals surface area contributed by atoms with E-state index in [0.29, 0.717) is 0 Å². The molecule has 19 heavy (non-hydrogen) atoms. The molecule has 1 unspecified atom stereocenters. The largest absolute Gasteiger partial charge is 0.444 e. The number of ether oxygens (including phenoxy) is 1. The smallest absolute Gasteiger partial charge is 0.412 e. The number of amides is 1. The number of aliphatic hydroxyl groups excluding tert-OH is 1. The first-order valence-electron chi connectivity index (χ1n) is 5.76. The van der Waals surface area contributed by atoms with Crippen LogP contribution in [0.4, 0.5) is 19.3 Å². The summed E-state index contributed by atoms with van der Waals surface area (Å²) in [6, 6.07) is 5.81. The van der Waals surface area contributed by atoms with Crippen molar-refractivity contribution >= 4 is 11.8 Å². The monoisotopic (exact) mass is 273 g/mol. The Hall–Kier alpha value is -1.69. The molecule has 0 aliphatic carbocycles. The van der Waals surface area contributed by atoms with E-state index in [1.807, 2.05) is 0 Å². The van der Waals surface area contributed by atoms with E-state index < -0.39 is 24.2 Å². The quantitative estimate of drug-likeness (QED) is 0.888. The number of carbonyl (C=O) groups is 1. The van der Waals surface area contributed by atoms with Crippen LogP contribution < -0.4 is 5.32 Å². The lowest BCUT2D eigenvalue weighted by Gasteiger charge is -2.21. The number of nitrogens with one attached hydrogen (secondary N) is 1. The third kappa shape index (κ3) is 4.82. The highest BCUT2D eigenvalue weighted by Gasteiger charge is 2.23. The maximum Gasteiger partial charge on any atom is 0.412 e. The van der Waals surface area contributed by atoms with Crippen LogP contribution in [0.2, 0.25) is 0 Å². The zero-order valence-electron chi connectivity index (χ0n) is 11.0. The van der Waals surface area contributed by atoms with Crippen LogP contribution in [0.5, 0.6) is 0 Å². The van der Waals surface area contributed by atoms with Crippen LogP contribution >= 0.6 is 0 Å². The Morgan fingerprint density at radius 1 is 1.32 bits per heavy atom. The molecule has 0 aliphatic heterocycles. The molecule has 0 bridgehead atoms. The van der Waals surface area contributed by atoms with Crippen LogP contribution in [0.25, 0.3) is 0 Å². The van der Waals surface area contributed by atoms with E-state index in [1.165, 1.54) is 18.2 Å². The van der Waals surface area contributed by atoms with Gasteiger partial charge >= 0.3 is 6.09 Å². The minimum absolute atomic E-state index is 0.0524. The Morgan fingerprint density at radius 3 is 2.42 bits per heavy atom. The Kier molecular flexibility index (Phi) is 4.83. The molecule has 0 aromatic heterocycles. The average Bonchev–Trinajstić information content (AvgIpc) is 2.26. The van der Waals surface area contributed by atoms with Gasteiger partial charge in [0.1, 0.15) is 11.7 Å². The Bertz CT molecular complexity index is 444. The van der Waals surface area contributed by atoms with E-state index in [1.54, 1.807) is 26.8 Å². The number of halogens is 2. The van der Waals surface area contributed by atoms with Crippen molar-refractivity contribution in [2.24, 2.45) is 0 Å². The lowest BCUT2D eigenvalue weighted by atomic mass is 10.1. The Labute approximate surface area is 110 Å². The van der Waals surface area contributed by atoms with Crippen molar-refractivity contribution in [1.82, 2.24) is 0 Å². The van der Waals surface area contributed by atoms with Gasteiger partial charge in [0.25, 0.3) is 6.43 Å². The zero-order valence-corrected chi connectivity index (χ0v) is 11.0. The summed E-state index contributed by atoms with van der Waals surface area (Å²) in [4.78, 5) is 11.6. The third-order valence-corrected chi connectivity index (χ3v) is 2.15. The van der Waals surface area contributed by atoms with Gasteiger partial charge in [-0.3, -0.25) is 5.32 Å². The standard InChI is InChI=1S/C13H17F2NO3/c1-13(2,3)19-12(18)16-9-7-5-4-6-8(9)10(17)11(14)15/h4-7,10-11,17H,1-3H3,(H,16,18). The number of alkyl halides is 2. The highest BCUT2D eigenvalue weighted by atomic mass is 19.3. The first kappa shape index (κ1) is 15.4. The number of benzene rings is 1. The second-order valence-corrected chi connectivity index (χ2v) is 4.99. The summed E-state index contributed by atoms with van der Waals surface area (Å²) in [5, 5.41) is 11.7. The van der Waals surface area contributed by atoms with Gasteiger partial charge in [-0.15, -0.1) is 0 Å². The molecule has 1 amide bonds. The van der Waals surface area contributed by atoms with E-state index >= 15 is 0 Å². The molecule has 0 radical (unpaired) electrons. The van der Waals surface area contributed by atoms with E-state index in [-0.39, 0.29) is 11.3 Å². The summed E-state index contributed by atoms with van der Waals surface area (Å²) >= 11 is 0. The molecular weight excluding hydrogens is 256 g/mol. The SMILES string of the molecule is CC(C)(C)OC(=O)Nc1ccccc1C(O)C(F)F. The summed E-state index contributed by atoms with van der Waals surface area (Å²) in [6.45, 7) is 5.06. The molecule has 1 atom stereocenters. The fourth-order valence-electron chi connectivity index (χ4n) is 1.42. The van der Waals surface area contributed by atoms with Crippen molar-refractivity contribution in [2.75, 3.05) is 5.32 Å². The Morgan fingerprint density at radius 2 is 1.89 bits per heavy atom. The first-order valence-corrected chi connectivity index (χ1v) is 5.76. The van der Waals surface area contributed by atoms with Crippen molar-refractivity contribution in [3.63, 3.8) is 0 Å². The summed E-state index contributed by atoms with van der Waals surface area (Å²) in [7, 11) is 0. The second kappa shape index (κ2) is 5.97. The van der Waals surface area contributed by atoms with Gasteiger partial charge in [-0.2, -0.15) is 0 Å². The second-order valence-electron chi connectivity index (χ2n) is 4.99. The highest BCUT2D eigenvalue weighted by Crippen LogP contribution is 2.27. The molecular formula is C13H17F2NO3. The number of anilines is 1. The number of carbonyl (C=O) groups excluding carboxylic acids is 1. The Balaban J connectivity index is 2.87. The molecule has 6 heteroatoms. The zero-order chi connectivity index (χ0) is 14.6. The van der Waals surface area contributed by atoms with Crippen LogP contribution in [0.1, 0.15) is 32.4 Å². The molecule has 0 saturated heterocycles. The molecule has 106 valence electrons. The topological polar surface area (TPSA) is 58.6 Å². The summed E-state index contributed by atoms with van der Waals surface area (Å²) in [6.07, 6.45) is -5.64. The maximum absolute atomic E-state index is 12.5. The number of aliphatic hydroxyl groups is 1. The van der Waals surface area contributed by atoms with Gasteiger partial charge in [0, 0.05) is 5.56 Å². The minimum Gasteiger partial charge on any atom is -0.444 e. The van der Waals surface area contributed by atoms with Gasteiger partial charge < -0.3 is 9.84 Å². The number of hydrogen-bond donors (Lipinski definition) is 2. The molecule has 1 aromatic rings. The van der Waals surface area contributed by atoms with E-state index in [4.69, 9.17) is 4.74 Å². The van der Waals surface area contributed by atoms with Crippen LogP contribution in [-0.2, 0) is 4.74 Å². The van der Waals surface area contributed by atoms with Crippen LogP contribution in [0, 0.1) is 0 Å². The van der Waals surface area contributed by atoms with Crippen LogP contribution in [0.15, 0.2) is 24.3 Å². The molecule has 4 nitrogen and oxygen atoms in total. The van der Waals surface area contributed by atoms with Gasteiger partial charge in [-0.1, -0.05) is 18.2 Å². The number of hydrogen-bond acceptors (Lipinski definition) is 3. The molecule has 2 N–H and O–H groups in total. The van der Waals surface area contributed by atoms with Gasteiger partial charge in [-0.05, 0) is 26.8 Å². The summed E-state index contributed by atoms with van der Waals surface area (Å²) < 4.78 is 30.0. The summed E-state index contributed by atoms with van der Waals surface area (Å²) in [5.41, 5.74) is -0.645. The summed E-state index contributed by atoms with van der Waals surface area (Å²) in [5.74, 6) is 0. The molecule has 0 spiro atoms. The van der Waals surface area contributed by atoms with Gasteiger partial charge in [0.2, 0.25) is 0 Å². The predicted octanol–water partition coefficient (Wildman–Crippen LogP) is 3.33. The van der Waals surface area contributed by atoms with Gasteiger partial charge in [-0.25, -0.2) is 13.6 Å². The molecule has 0 saturated carbocycles. The van der Waals surface area contributed by atoms with Gasteiger partial charge in [0.15, 0.2) is 0 Å². The molecule has 1 rings (SSSR count). The van der Waals surface area contributed by atoms with Crippen molar-refractivity contribution in [1.29, 1.82) is 0 Å². The number of para-hydroxylation sites is 1. The van der Waals surface area contributed by atoms with Crippen molar-refractivity contribution in [2.45, 2.75) is 38.9 Å². The van der Waals surface area contributed by atoms with Crippen LogP contribution in [-0.4, -0.2) is 23.2 Å². The third-order valence-electron chi connectivity index (χ3n) is 2.15. The fraction of sp³-hybridized carbons (Fsp3) is 0.462. The molecule has 1 aromatic carbocycles. The fourth-order valence-corrected chi connectivity index (χ4v) is 1.42. The minimum atomic E-state index is -2.93. The van der Waals surface area contributed by atoms with E-state index in [0.717, 1.165) is 0 Å². The molecule has 0 heterocycles. The van der Waals surface area contributed by atoms with E-state index in [2.05, 4.69) is 5.32 Å². The highest BCUT2D eigenvalue weighted by molar-refractivity contribution is 5.86. The predicted molar refractivity (Wildman–Crippen MR) is 67.3 cm³/mol. The maximum atomic E-state index is 12.5. The number of rotatable bonds is 3. The molecule has 0 aliphatic rings. The van der Waals surface area contributed by atoms with Crippen molar-refractivity contribution in [3.05, 3.63) is 29.8 Å². The molecule has 0 fully saturated rings. The van der Waals surface area contributed by atoms with Crippen LogP contribution in [0.3, 0.4) is 0 Å².